The molecule has 2 nitrogen and oxygen atoms in total. The lowest BCUT2D eigenvalue weighted by molar-refractivity contribution is 0.411. The van der Waals surface area contributed by atoms with Crippen LogP contribution < -0.4 is 10.5 Å². The molecule has 0 aliphatic carbocycles. The van der Waals surface area contributed by atoms with Crippen molar-refractivity contribution in [1.29, 1.82) is 0 Å². The third-order valence-electron chi connectivity index (χ3n) is 2.82. The first-order valence-corrected chi connectivity index (χ1v) is 7.45. The molecule has 0 fully saturated rings. The van der Waals surface area contributed by atoms with E-state index in [0.717, 1.165) is 27.5 Å². The van der Waals surface area contributed by atoms with Crippen LogP contribution in [0, 0.1) is 17.7 Å². The summed E-state index contributed by atoms with van der Waals surface area (Å²) in [7, 11) is 1.65. The fourth-order valence-electron chi connectivity index (χ4n) is 1.81. The van der Waals surface area contributed by atoms with Gasteiger partial charge in [-0.3, -0.25) is 0 Å². The Morgan fingerprint density at radius 2 is 1.95 bits per heavy atom. The molecule has 108 valence electrons. The lowest BCUT2D eigenvalue weighted by Crippen LogP contribution is -1.94. The van der Waals surface area contributed by atoms with Gasteiger partial charge in [0.15, 0.2) is 0 Å². The van der Waals surface area contributed by atoms with Crippen molar-refractivity contribution in [2.45, 2.75) is 10.6 Å². The van der Waals surface area contributed by atoms with Crippen LogP contribution in [0.4, 0.5) is 4.39 Å². The molecule has 0 aliphatic rings. The maximum Gasteiger partial charge on any atom is 0.123 e. The van der Waals surface area contributed by atoms with E-state index >= 15 is 0 Å². The zero-order valence-electron chi connectivity index (χ0n) is 11.7. The topological polar surface area (TPSA) is 35.2 Å². The van der Waals surface area contributed by atoms with E-state index in [1.54, 1.807) is 31.0 Å². The normalized spacial score (nSPS) is 9.86. The van der Waals surface area contributed by atoms with Gasteiger partial charge in [-0.05, 0) is 42.5 Å². The molecule has 2 aromatic rings. The van der Waals surface area contributed by atoms with E-state index in [1.165, 1.54) is 12.1 Å². The number of methoxy groups -OCH3 is 1. The highest BCUT2D eigenvalue weighted by molar-refractivity contribution is 7.98. The summed E-state index contributed by atoms with van der Waals surface area (Å²) in [5.74, 6) is 7.18. The molecule has 0 unspecified atom stereocenters. The van der Waals surface area contributed by atoms with Gasteiger partial charge in [-0.1, -0.05) is 11.8 Å². The van der Waals surface area contributed by atoms with Gasteiger partial charge in [0.1, 0.15) is 11.6 Å². The highest BCUT2D eigenvalue weighted by atomic mass is 32.2. The molecule has 0 aromatic heterocycles. The zero-order valence-corrected chi connectivity index (χ0v) is 12.5. The summed E-state index contributed by atoms with van der Waals surface area (Å²) in [5, 5.41) is 0. The largest absolute Gasteiger partial charge is 0.496 e. The first kappa shape index (κ1) is 15.4. The molecule has 0 heterocycles. The van der Waals surface area contributed by atoms with Crippen molar-refractivity contribution < 1.29 is 9.13 Å². The number of nitrogens with two attached hydrogens (primary N) is 1. The van der Waals surface area contributed by atoms with Gasteiger partial charge in [0, 0.05) is 21.8 Å². The molecule has 4 heteroatoms. The highest BCUT2D eigenvalue weighted by Crippen LogP contribution is 2.28. The van der Waals surface area contributed by atoms with E-state index in [2.05, 4.69) is 11.8 Å². The van der Waals surface area contributed by atoms with Crippen LogP contribution in [0.1, 0.15) is 11.1 Å². The van der Waals surface area contributed by atoms with Crippen molar-refractivity contribution in [2.75, 3.05) is 13.7 Å². The summed E-state index contributed by atoms with van der Waals surface area (Å²) in [5.41, 5.74) is 7.35. The molecule has 2 aromatic carbocycles. The van der Waals surface area contributed by atoms with Crippen molar-refractivity contribution in [3.05, 3.63) is 59.4 Å². The maximum atomic E-state index is 12.9. The second-order valence-corrected chi connectivity index (χ2v) is 5.32. The quantitative estimate of drug-likeness (QED) is 0.694. The van der Waals surface area contributed by atoms with Crippen LogP contribution in [0.25, 0.3) is 0 Å². The molecule has 21 heavy (non-hydrogen) atoms. The SMILES string of the molecule is COc1ccc(C#CCN)cc1CSc1ccc(F)cc1. The Kier molecular flexibility index (Phi) is 5.68. The lowest BCUT2D eigenvalue weighted by Gasteiger charge is -2.09. The maximum absolute atomic E-state index is 12.9. The van der Waals surface area contributed by atoms with Crippen LogP contribution in [0.3, 0.4) is 0 Å². The van der Waals surface area contributed by atoms with E-state index in [-0.39, 0.29) is 5.82 Å². The smallest absolute Gasteiger partial charge is 0.123 e. The standard InChI is InChI=1S/C17H16FNOS/c1-20-17-9-4-13(3-2-10-19)11-14(17)12-21-16-7-5-15(18)6-8-16/h4-9,11H,10,12,19H2,1H3. The molecule has 0 bridgehead atoms. The Morgan fingerprint density at radius 3 is 2.62 bits per heavy atom. The van der Waals surface area contributed by atoms with Gasteiger partial charge in [-0.25, -0.2) is 4.39 Å². The van der Waals surface area contributed by atoms with Gasteiger partial charge < -0.3 is 10.5 Å². The van der Waals surface area contributed by atoms with Gasteiger partial charge in [0.05, 0.1) is 13.7 Å². The number of halogens is 1. The second kappa shape index (κ2) is 7.72. The van der Waals surface area contributed by atoms with Crippen molar-refractivity contribution in [2.24, 2.45) is 5.73 Å². The fraction of sp³-hybridized carbons (Fsp3) is 0.176. The third kappa shape index (κ3) is 4.52. The van der Waals surface area contributed by atoms with Crippen molar-refractivity contribution >= 4 is 11.8 Å². The molecule has 0 atom stereocenters. The summed E-state index contributed by atoms with van der Waals surface area (Å²) in [4.78, 5) is 1.01. The number of thioether (sulfide) groups is 1. The Morgan fingerprint density at radius 1 is 1.19 bits per heavy atom. The van der Waals surface area contributed by atoms with Gasteiger partial charge in [-0.15, -0.1) is 11.8 Å². The molecule has 0 aliphatic heterocycles. The minimum Gasteiger partial charge on any atom is -0.496 e. The van der Waals surface area contributed by atoms with Crippen LogP contribution in [-0.2, 0) is 5.75 Å². The van der Waals surface area contributed by atoms with Gasteiger partial charge in [0.2, 0.25) is 0 Å². The minimum absolute atomic E-state index is 0.226. The Balaban J connectivity index is 2.15. The number of rotatable bonds is 4. The molecule has 0 radical (unpaired) electrons. The number of hydrogen-bond donors (Lipinski definition) is 1. The zero-order chi connectivity index (χ0) is 15.1. The van der Waals surface area contributed by atoms with Crippen molar-refractivity contribution in [3.63, 3.8) is 0 Å². The monoisotopic (exact) mass is 301 g/mol. The van der Waals surface area contributed by atoms with Crippen LogP contribution in [0.2, 0.25) is 0 Å². The summed E-state index contributed by atoms with van der Waals surface area (Å²) in [6.07, 6.45) is 0. The lowest BCUT2D eigenvalue weighted by atomic mass is 10.1. The molecule has 0 saturated carbocycles. The first-order chi connectivity index (χ1) is 10.2. The van der Waals surface area contributed by atoms with Crippen LogP contribution >= 0.6 is 11.8 Å². The van der Waals surface area contributed by atoms with Gasteiger partial charge >= 0.3 is 0 Å². The predicted octanol–water partition coefficient (Wildman–Crippen LogP) is 3.44. The summed E-state index contributed by atoms with van der Waals surface area (Å²) >= 11 is 1.62. The van der Waals surface area contributed by atoms with Gasteiger partial charge in [0.25, 0.3) is 0 Å². The predicted molar refractivity (Wildman–Crippen MR) is 84.9 cm³/mol. The van der Waals surface area contributed by atoms with E-state index < -0.39 is 0 Å². The highest BCUT2D eigenvalue weighted by Gasteiger charge is 2.05. The summed E-state index contributed by atoms with van der Waals surface area (Å²) in [6.45, 7) is 0.339. The van der Waals surface area contributed by atoms with E-state index in [1.807, 2.05) is 18.2 Å². The Bertz CT molecular complexity index is 659. The Labute approximate surface area is 128 Å². The first-order valence-electron chi connectivity index (χ1n) is 6.47. The van der Waals surface area contributed by atoms with E-state index in [9.17, 15) is 4.39 Å². The number of hydrogen-bond acceptors (Lipinski definition) is 3. The molecule has 2 rings (SSSR count). The van der Waals surface area contributed by atoms with Crippen LogP contribution in [0.15, 0.2) is 47.4 Å². The average Bonchev–Trinajstić information content (AvgIpc) is 2.52. The summed E-state index contributed by atoms with van der Waals surface area (Å²) < 4.78 is 18.3. The molecule has 2 N–H and O–H groups in total. The fourth-order valence-corrected chi connectivity index (χ4v) is 2.69. The average molecular weight is 301 g/mol. The van der Waals surface area contributed by atoms with Crippen LogP contribution in [0.5, 0.6) is 5.75 Å². The second-order valence-electron chi connectivity index (χ2n) is 4.28. The number of benzene rings is 2. The summed E-state index contributed by atoms with van der Waals surface area (Å²) in [6, 6.07) is 12.3. The number of ether oxygens (including phenoxy) is 1. The van der Waals surface area contributed by atoms with E-state index in [0.29, 0.717) is 6.54 Å². The minimum atomic E-state index is -0.226. The molecular formula is C17H16FNOS. The van der Waals surface area contributed by atoms with Crippen molar-refractivity contribution in [1.82, 2.24) is 0 Å². The molecule has 0 amide bonds. The van der Waals surface area contributed by atoms with Crippen LogP contribution in [-0.4, -0.2) is 13.7 Å². The third-order valence-corrected chi connectivity index (χ3v) is 3.88. The van der Waals surface area contributed by atoms with Crippen molar-refractivity contribution in [3.8, 4) is 17.6 Å². The Hall–Kier alpha value is -1.96. The van der Waals surface area contributed by atoms with E-state index in [4.69, 9.17) is 10.5 Å². The molecular weight excluding hydrogens is 285 g/mol. The van der Waals surface area contributed by atoms with Gasteiger partial charge in [-0.2, -0.15) is 0 Å². The molecule has 0 saturated heterocycles. The molecule has 0 spiro atoms.